The first-order chi connectivity index (χ1) is 9.06. The summed E-state index contributed by atoms with van der Waals surface area (Å²) >= 11 is 7.04. The van der Waals surface area contributed by atoms with E-state index in [1.807, 2.05) is 0 Å². The van der Waals surface area contributed by atoms with Crippen LogP contribution < -0.4 is 5.32 Å². The molecule has 0 unspecified atom stereocenters. The monoisotopic (exact) mass is 301 g/mol. The average molecular weight is 302 g/mol. The Kier molecular flexibility index (Phi) is 4.82. The van der Waals surface area contributed by atoms with Crippen molar-refractivity contribution in [2.45, 2.75) is 25.7 Å². The van der Waals surface area contributed by atoms with Crippen molar-refractivity contribution in [2.24, 2.45) is 11.8 Å². The summed E-state index contributed by atoms with van der Waals surface area (Å²) in [5.74, 6) is -0.619. The molecule has 1 saturated carbocycles. The van der Waals surface area contributed by atoms with Crippen LogP contribution in [0.4, 0.5) is 0 Å². The lowest BCUT2D eigenvalue weighted by atomic mass is 9.82. The number of thiophene rings is 1. The number of amides is 1. The lowest BCUT2D eigenvalue weighted by molar-refractivity contribution is -0.143. The third-order valence-corrected chi connectivity index (χ3v) is 4.77. The smallest absolute Gasteiger partial charge is 0.306 e. The Balaban J connectivity index is 1.75. The number of hydrogen-bond acceptors (Lipinski definition) is 3. The van der Waals surface area contributed by atoms with Gasteiger partial charge in [-0.2, -0.15) is 0 Å². The third kappa shape index (κ3) is 3.94. The molecule has 2 N–H and O–H groups in total. The molecule has 1 fully saturated rings. The summed E-state index contributed by atoms with van der Waals surface area (Å²) in [7, 11) is 0. The molecule has 1 amide bonds. The Labute approximate surface area is 120 Å². The Morgan fingerprint density at radius 2 is 2.00 bits per heavy atom. The van der Waals surface area contributed by atoms with Crippen LogP contribution in [0.15, 0.2) is 12.1 Å². The van der Waals surface area contributed by atoms with Gasteiger partial charge in [0.25, 0.3) is 5.91 Å². The fourth-order valence-corrected chi connectivity index (χ4v) is 3.33. The molecule has 1 aliphatic carbocycles. The molecule has 4 nitrogen and oxygen atoms in total. The molecular formula is C13H16ClNO3S. The molecule has 104 valence electrons. The number of aliphatic carboxylic acids is 1. The molecule has 0 spiro atoms. The van der Waals surface area contributed by atoms with Crippen LogP contribution in [0.25, 0.3) is 0 Å². The molecule has 0 aromatic carbocycles. The maximum Gasteiger partial charge on any atom is 0.306 e. The first kappa shape index (κ1) is 14.3. The van der Waals surface area contributed by atoms with Gasteiger partial charge < -0.3 is 10.4 Å². The molecule has 19 heavy (non-hydrogen) atoms. The molecule has 0 aliphatic heterocycles. The van der Waals surface area contributed by atoms with E-state index in [0.29, 0.717) is 34.5 Å². The van der Waals surface area contributed by atoms with Gasteiger partial charge in [0.2, 0.25) is 0 Å². The van der Waals surface area contributed by atoms with Gasteiger partial charge in [0.05, 0.1) is 15.1 Å². The Morgan fingerprint density at radius 1 is 1.32 bits per heavy atom. The van der Waals surface area contributed by atoms with Gasteiger partial charge >= 0.3 is 5.97 Å². The fraction of sp³-hybridized carbons (Fsp3) is 0.538. The van der Waals surface area contributed by atoms with Crippen LogP contribution in [-0.2, 0) is 4.79 Å². The Hall–Kier alpha value is -1.07. The fourth-order valence-electron chi connectivity index (χ4n) is 2.37. The van der Waals surface area contributed by atoms with E-state index in [4.69, 9.17) is 16.7 Å². The standard InChI is InChI=1S/C13H16ClNO3S/c14-11-6-5-10(19-11)12(16)15-7-8-1-3-9(4-2-8)13(17)18/h5-6,8-9H,1-4,7H2,(H,15,16)(H,17,18). The minimum atomic E-state index is -0.698. The molecule has 1 aromatic rings. The zero-order valence-corrected chi connectivity index (χ0v) is 12.0. The van der Waals surface area contributed by atoms with Gasteiger partial charge in [-0.3, -0.25) is 9.59 Å². The first-order valence-electron chi connectivity index (χ1n) is 6.32. The van der Waals surface area contributed by atoms with Crippen LogP contribution in [0.2, 0.25) is 4.34 Å². The van der Waals surface area contributed by atoms with E-state index in [-0.39, 0.29) is 11.8 Å². The highest BCUT2D eigenvalue weighted by Gasteiger charge is 2.26. The minimum Gasteiger partial charge on any atom is -0.481 e. The molecule has 6 heteroatoms. The first-order valence-corrected chi connectivity index (χ1v) is 7.52. The van der Waals surface area contributed by atoms with Crippen LogP contribution in [-0.4, -0.2) is 23.5 Å². The van der Waals surface area contributed by atoms with E-state index < -0.39 is 5.97 Å². The van der Waals surface area contributed by atoms with E-state index in [0.717, 1.165) is 12.8 Å². The molecule has 0 radical (unpaired) electrons. The van der Waals surface area contributed by atoms with Crippen molar-refractivity contribution in [3.63, 3.8) is 0 Å². The SMILES string of the molecule is O=C(NCC1CCC(C(=O)O)CC1)c1ccc(Cl)s1. The average Bonchev–Trinajstić information content (AvgIpc) is 2.83. The highest BCUT2D eigenvalue weighted by molar-refractivity contribution is 7.17. The molecule has 0 saturated heterocycles. The van der Waals surface area contributed by atoms with Crippen LogP contribution in [0.3, 0.4) is 0 Å². The lowest BCUT2D eigenvalue weighted by Gasteiger charge is -2.26. The Morgan fingerprint density at radius 3 is 2.53 bits per heavy atom. The summed E-state index contributed by atoms with van der Waals surface area (Å²) < 4.78 is 0.604. The molecule has 0 atom stereocenters. The topological polar surface area (TPSA) is 66.4 Å². The maximum absolute atomic E-state index is 11.8. The van der Waals surface area contributed by atoms with Crippen LogP contribution >= 0.6 is 22.9 Å². The maximum atomic E-state index is 11.8. The molecule has 0 bridgehead atoms. The van der Waals surface area contributed by atoms with Gasteiger partial charge in [0.1, 0.15) is 0 Å². The van der Waals surface area contributed by atoms with E-state index >= 15 is 0 Å². The molecule has 1 aliphatic rings. The minimum absolute atomic E-state index is 0.0998. The van der Waals surface area contributed by atoms with Crippen molar-refractivity contribution in [3.05, 3.63) is 21.3 Å². The van der Waals surface area contributed by atoms with E-state index in [1.165, 1.54) is 11.3 Å². The number of rotatable bonds is 4. The van der Waals surface area contributed by atoms with Gasteiger partial charge in [-0.15, -0.1) is 11.3 Å². The van der Waals surface area contributed by atoms with Gasteiger partial charge in [-0.05, 0) is 43.7 Å². The number of carbonyl (C=O) groups is 2. The Bertz CT molecular complexity index is 466. The van der Waals surface area contributed by atoms with Gasteiger partial charge in [-0.1, -0.05) is 11.6 Å². The third-order valence-electron chi connectivity index (χ3n) is 3.54. The molecule has 1 heterocycles. The number of carboxylic acid groups (broad SMARTS) is 1. The summed E-state index contributed by atoms with van der Waals surface area (Å²) in [5, 5.41) is 11.8. The summed E-state index contributed by atoms with van der Waals surface area (Å²) in [6.45, 7) is 0.612. The van der Waals surface area contributed by atoms with Crippen molar-refractivity contribution in [2.75, 3.05) is 6.54 Å². The predicted molar refractivity (Wildman–Crippen MR) is 74.7 cm³/mol. The highest BCUT2D eigenvalue weighted by Crippen LogP contribution is 2.28. The number of halogens is 1. The van der Waals surface area contributed by atoms with Crippen molar-refractivity contribution in [1.82, 2.24) is 5.32 Å². The normalized spacial score (nSPS) is 23.0. The summed E-state index contributed by atoms with van der Waals surface area (Å²) in [4.78, 5) is 23.3. The number of carboxylic acids is 1. The number of hydrogen-bond donors (Lipinski definition) is 2. The van der Waals surface area contributed by atoms with Crippen LogP contribution in [0.5, 0.6) is 0 Å². The summed E-state index contributed by atoms with van der Waals surface area (Å²) in [5.41, 5.74) is 0. The second kappa shape index (κ2) is 6.39. The highest BCUT2D eigenvalue weighted by atomic mass is 35.5. The van der Waals surface area contributed by atoms with Crippen molar-refractivity contribution in [1.29, 1.82) is 0 Å². The summed E-state index contributed by atoms with van der Waals surface area (Å²) in [6.07, 6.45) is 3.15. The van der Waals surface area contributed by atoms with E-state index in [9.17, 15) is 9.59 Å². The quantitative estimate of drug-likeness (QED) is 0.898. The molecule has 2 rings (SSSR count). The lowest BCUT2D eigenvalue weighted by Crippen LogP contribution is -2.32. The van der Waals surface area contributed by atoms with Crippen LogP contribution in [0.1, 0.15) is 35.4 Å². The summed E-state index contributed by atoms with van der Waals surface area (Å²) in [6, 6.07) is 3.42. The van der Waals surface area contributed by atoms with Crippen molar-refractivity contribution >= 4 is 34.8 Å². The largest absolute Gasteiger partial charge is 0.481 e. The predicted octanol–water partition coefficient (Wildman–Crippen LogP) is 3.02. The van der Waals surface area contributed by atoms with Crippen molar-refractivity contribution < 1.29 is 14.7 Å². The number of nitrogens with one attached hydrogen (secondary N) is 1. The molecular weight excluding hydrogens is 286 g/mol. The second-order valence-electron chi connectivity index (χ2n) is 4.87. The van der Waals surface area contributed by atoms with Crippen LogP contribution in [0, 0.1) is 11.8 Å². The zero-order chi connectivity index (χ0) is 13.8. The van der Waals surface area contributed by atoms with Gasteiger partial charge in [-0.25, -0.2) is 0 Å². The second-order valence-corrected chi connectivity index (χ2v) is 6.58. The van der Waals surface area contributed by atoms with Crippen molar-refractivity contribution in [3.8, 4) is 0 Å². The molecule has 1 aromatic heterocycles. The van der Waals surface area contributed by atoms with Gasteiger partial charge in [0.15, 0.2) is 0 Å². The number of carbonyl (C=O) groups excluding carboxylic acids is 1. The zero-order valence-electron chi connectivity index (χ0n) is 10.4. The van der Waals surface area contributed by atoms with E-state index in [1.54, 1.807) is 12.1 Å². The van der Waals surface area contributed by atoms with E-state index in [2.05, 4.69) is 5.32 Å². The van der Waals surface area contributed by atoms with Gasteiger partial charge in [0, 0.05) is 6.54 Å².